The second-order valence-electron chi connectivity index (χ2n) is 5.06. The molecule has 108 valence electrons. The quantitative estimate of drug-likeness (QED) is 0.879. The first-order valence-electron chi connectivity index (χ1n) is 6.70. The average molecular weight is 301 g/mol. The molecule has 1 unspecified atom stereocenters. The standard InChI is InChI=1S/C16H15NO3S/c1-10-2-4-14-12(6-10)7-13(20-14)9-21-15-5-3-11(8-17-15)16(18)19/h2-6,8,13H,7,9H2,1H3,(H,18,19). The molecule has 0 bridgehead atoms. The van der Waals surface area contributed by atoms with Gasteiger partial charge in [0.15, 0.2) is 0 Å². The van der Waals surface area contributed by atoms with Crippen LogP contribution in [0.5, 0.6) is 5.75 Å². The molecule has 21 heavy (non-hydrogen) atoms. The summed E-state index contributed by atoms with van der Waals surface area (Å²) in [5, 5.41) is 9.65. The third-order valence-corrected chi connectivity index (χ3v) is 4.43. The molecule has 1 aromatic carbocycles. The molecular weight excluding hydrogens is 286 g/mol. The molecule has 0 amide bonds. The highest BCUT2D eigenvalue weighted by molar-refractivity contribution is 7.99. The minimum absolute atomic E-state index is 0.146. The summed E-state index contributed by atoms with van der Waals surface area (Å²) in [6.07, 6.45) is 2.45. The molecule has 1 N–H and O–H groups in total. The van der Waals surface area contributed by atoms with Crippen LogP contribution in [-0.2, 0) is 6.42 Å². The second-order valence-corrected chi connectivity index (χ2v) is 6.10. The van der Waals surface area contributed by atoms with Crippen LogP contribution in [0.2, 0.25) is 0 Å². The van der Waals surface area contributed by atoms with E-state index in [9.17, 15) is 4.79 Å². The molecule has 1 atom stereocenters. The summed E-state index contributed by atoms with van der Waals surface area (Å²) in [5.74, 6) is 0.817. The Morgan fingerprint density at radius 3 is 3.00 bits per heavy atom. The van der Waals surface area contributed by atoms with E-state index in [1.165, 1.54) is 17.3 Å². The maximum Gasteiger partial charge on any atom is 0.337 e. The Labute approximate surface area is 127 Å². The summed E-state index contributed by atoms with van der Waals surface area (Å²) in [6, 6.07) is 9.56. The maximum atomic E-state index is 10.8. The van der Waals surface area contributed by atoms with E-state index in [4.69, 9.17) is 9.84 Å². The predicted octanol–water partition coefficient (Wildman–Crippen LogP) is 3.18. The average Bonchev–Trinajstić information content (AvgIpc) is 2.87. The molecule has 4 nitrogen and oxygen atoms in total. The van der Waals surface area contributed by atoms with Crippen LogP contribution in [0.1, 0.15) is 21.5 Å². The molecule has 0 saturated heterocycles. The molecule has 1 aliphatic rings. The Morgan fingerprint density at radius 1 is 1.43 bits per heavy atom. The number of thioether (sulfide) groups is 1. The van der Waals surface area contributed by atoms with Gasteiger partial charge in [-0.05, 0) is 30.7 Å². The number of carbonyl (C=O) groups is 1. The van der Waals surface area contributed by atoms with E-state index >= 15 is 0 Å². The number of benzene rings is 1. The van der Waals surface area contributed by atoms with Crippen molar-refractivity contribution in [2.45, 2.75) is 24.5 Å². The summed E-state index contributed by atoms with van der Waals surface area (Å²) in [5.41, 5.74) is 2.71. The van der Waals surface area contributed by atoms with Crippen molar-refractivity contribution in [2.24, 2.45) is 0 Å². The van der Waals surface area contributed by atoms with Gasteiger partial charge >= 0.3 is 5.97 Å². The van der Waals surface area contributed by atoms with Crippen LogP contribution in [0.25, 0.3) is 0 Å². The van der Waals surface area contributed by atoms with E-state index < -0.39 is 5.97 Å². The van der Waals surface area contributed by atoms with Gasteiger partial charge in [0.25, 0.3) is 0 Å². The zero-order valence-electron chi connectivity index (χ0n) is 11.6. The van der Waals surface area contributed by atoms with Crippen LogP contribution in [0, 0.1) is 6.92 Å². The molecule has 0 aliphatic carbocycles. The minimum Gasteiger partial charge on any atom is -0.489 e. The lowest BCUT2D eigenvalue weighted by atomic mass is 10.1. The normalized spacial score (nSPS) is 16.3. The zero-order valence-corrected chi connectivity index (χ0v) is 12.4. The molecule has 0 fully saturated rings. The van der Waals surface area contributed by atoms with Crippen molar-refractivity contribution < 1.29 is 14.6 Å². The van der Waals surface area contributed by atoms with E-state index in [0.29, 0.717) is 0 Å². The van der Waals surface area contributed by atoms with Crippen LogP contribution in [-0.4, -0.2) is 27.9 Å². The molecule has 5 heteroatoms. The summed E-state index contributed by atoms with van der Waals surface area (Å²) in [7, 11) is 0. The fourth-order valence-corrected chi connectivity index (χ4v) is 3.15. The van der Waals surface area contributed by atoms with Gasteiger partial charge in [0.1, 0.15) is 11.9 Å². The monoisotopic (exact) mass is 301 g/mol. The third kappa shape index (κ3) is 3.19. The lowest BCUT2D eigenvalue weighted by Gasteiger charge is -2.09. The fourth-order valence-electron chi connectivity index (χ4n) is 2.31. The zero-order chi connectivity index (χ0) is 14.8. The number of pyridine rings is 1. The van der Waals surface area contributed by atoms with Crippen LogP contribution >= 0.6 is 11.8 Å². The summed E-state index contributed by atoms with van der Waals surface area (Å²) >= 11 is 1.58. The van der Waals surface area contributed by atoms with Crippen molar-refractivity contribution in [1.82, 2.24) is 4.98 Å². The van der Waals surface area contributed by atoms with Crippen molar-refractivity contribution in [3.8, 4) is 5.75 Å². The van der Waals surface area contributed by atoms with Gasteiger partial charge in [-0.3, -0.25) is 0 Å². The van der Waals surface area contributed by atoms with Crippen molar-refractivity contribution >= 4 is 17.7 Å². The first-order valence-corrected chi connectivity index (χ1v) is 7.69. The van der Waals surface area contributed by atoms with Gasteiger partial charge in [-0.25, -0.2) is 9.78 Å². The van der Waals surface area contributed by atoms with E-state index in [1.54, 1.807) is 23.9 Å². The van der Waals surface area contributed by atoms with E-state index in [-0.39, 0.29) is 11.7 Å². The van der Waals surface area contributed by atoms with Gasteiger partial charge < -0.3 is 9.84 Å². The van der Waals surface area contributed by atoms with Crippen LogP contribution < -0.4 is 4.74 Å². The van der Waals surface area contributed by atoms with Gasteiger partial charge in [0, 0.05) is 18.4 Å². The third-order valence-electron chi connectivity index (χ3n) is 3.36. The summed E-state index contributed by atoms with van der Waals surface area (Å²) < 4.78 is 5.90. The molecule has 1 aromatic heterocycles. The van der Waals surface area contributed by atoms with Crippen molar-refractivity contribution in [2.75, 3.05) is 5.75 Å². The van der Waals surface area contributed by atoms with Gasteiger partial charge in [-0.1, -0.05) is 17.7 Å². The second kappa shape index (κ2) is 5.77. The Bertz CT molecular complexity index is 670. The molecule has 2 heterocycles. The lowest BCUT2D eigenvalue weighted by molar-refractivity contribution is 0.0696. The summed E-state index contributed by atoms with van der Waals surface area (Å²) in [6.45, 7) is 2.08. The molecule has 3 rings (SSSR count). The van der Waals surface area contributed by atoms with Crippen LogP contribution in [0.15, 0.2) is 41.6 Å². The molecule has 2 aromatic rings. The van der Waals surface area contributed by atoms with Gasteiger partial charge in [0.05, 0.1) is 10.6 Å². The highest BCUT2D eigenvalue weighted by atomic mass is 32.2. The van der Waals surface area contributed by atoms with Crippen molar-refractivity contribution in [3.05, 3.63) is 53.2 Å². The number of rotatable bonds is 4. The Balaban J connectivity index is 1.58. The minimum atomic E-state index is -0.955. The van der Waals surface area contributed by atoms with Gasteiger partial charge in [0.2, 0.25) is 0 Å². The first kappa shape index (κ1) is 13.9. The topological polar surface area (TPSA) is 59.4 Å². The van der Waals surface area contributed by atoms with Gasteiger partial charge in [-0.15, -0.1) is 11.8 Å². The van der Waals surface area contributed by atoms with Crippen molar-refractivity contribution in [3.63, 3.8) is 0 Å². The molecule has 1 aliphatic heterocycles. The van der Waals surface area contributed by atoms with Crippen LogP contribution in [0.3, 0.4) is 0 Å². The molecular formula is C16H15NO3S. The molecule has 0 spiro atoms. The SMILES string of the molecule is Cc1ccc2c(c1)CC(CSc1ccc(C(=O)O)cn1)O2. The number of fused-ring (bicyclic) bond motifs is 1. The number of hydrogen-bond donors (Lipinski definition) is 1. The highest BCUT2D eigenvalue weighted by Crippen LogP contribution is 2.31. The number of ether oxygens (including phenoxy) is 1. The highest BCUT2D eigenvalue weighted by Gasteiger charge is 2.22. The van der Waals surface area contributed by atoms with Gasteiger partial charge in [-0.2, -0.15) is 0 Å². The lowest BCUT2D eigenvalue weighted by Crippen LogP contribution is -2.15. The Kier molecular flexibility index (Phi) is 3.84. The smallest absolute Gasteiger partial charge is 0.337 e. The Hall–Kier alpha value is -2.01. The largest absolute Gasteiger partial charge is 0.489 e. The van der Waals surface area contributed by atoms with E-state index in [1.807, 2.05) is 6.07 Å². The summed E-state index contributed by atoms with van der Waals surface area (Å²) in [4.78, 5) is 14.9. The fraction of sp³-hybridized carbons (Fsp3) is 0.250. The van der Waals surface area contributed by atoms with Crippen LogP contribution in [0.4, 0.5) is 0 Å². The number of aromatic nitrogens is 1. The molecule has 0 radical (unpaired) electrons. The maximum absolute atomic E-state index is 10.8. The molecule has 0 saturated carbocycles. The van der Waals surface area contributed by atoms with E-state index in [0.717, 1.165) is 22.9 Å². The number of carboxylic acids is 1. The first-order chi connectivity index (χ1) is 10.1. The predicted molar refractivity (Wildman–Crippen MR) is 81.2 cm³/mol. The number of carboxylic acid groups (broad SMARTS) is 1. The van der Waals surface area contributed by atoms with E-state index in [2.05, 4.69) is 24.0 Å². The number of aromatic carboxylic acids is 1. The number of hydrogen-bond acceptors (Lipinski definition) is 4. The number of aryl methyl sites for hydroxylation is 1. The number of nitrogens with zero attached hydrogens (tertiary/aromatic N) is 1. The Morgan fingerprint density at radius 2 is 2.29 bits per heavy atom. The van der Waals surface area contributed by atoms with Crippen molar-refractivity contribution in [1.29, 1.82) is 0 Å².